The number of hydrogen-bond acceptors (Lipinski definition) is 6. The first kappa shape index (κ1) is 10.8. The minimum atomic E-state index is -0.573. The molecule has 0 N–H and O–H groups in total. The second-order valence-electron chi connectivity index (χ2n) is 3.24. The molecule has 2 rings (SSSR count). The van der Waals surface area contributed by atoms with Gasteiger partial charge in [-0.25, -0.2) is 4.79 Å². The van der Waals surface area contributed by atoms with Gasteiger partial charge in [-0.05, 0) is 12.1 Å². The van der Waals surface area contributed by atoms with Crippen molar-refractivity contribution in [1.29, 1.82) is 0 Å². The van der Waals surface area contributed by atoms with E-state index in [2.05, 4.69) is 9.47 Å². The molecule has 6 heteroatoms. The second kappa shape index (κ2) is 4.05. The third-order valence-corrected chi connectivity index (χ3v) is 3.41. The van der Waals surface area contributed by atoms with E-state index in [0.29, 0.717) is 9.75 Å². The van der Waals surface area contributed by atoms with Crippen molar-refractivity contribution in [2.24, 2.45) is 0 Å². The molecule has 1 atom stereocenters. The standard InChI is InChI=1S/C10H8O5S/c1-14-10(13)7-3-2-6(16-7)5-4-8(11)15-9(5)12/h2-3,5H,4H2,1H3. The Labute approximate surface area is 95.0 Å². The smallest absolute Gasteiger partial charge is 0.348 e. The van der Waals surface area contributed by atoms with E-state index in [1.807, 2.05) is 0 Å². The van der Waals surface area contributed by atoms with E-state index in [-0.39, 0.29) is 6.42 Å². The third kappa shape index (κ3) is 1.83. The average molecular weight is 240 g/mol. The highest BCUT2D eigenvalue weighted by Crippen LogP contribution is 2.32. The SMILES string of the molecule is COC(=O)c1ccc(C2CC(=O)OC2=O)s1. The quantitative estimate of drug-likeness (QED) is 0.571. The summed E-state index contributed by atoms with van der Waals surface area (Å²) in [6.45, 7) is 0. The van der Waals surface area contributed by atoms with Crippen LogP contribution in [0.15, 0.2) is 12.1 Å². The highest BCUT2D eigenvalue weighted by Gasteiger charge is 2.35. The first-order valence-electron chi connectivity index (χ1n) is 4.54. The number of ether oxygens (including phenoxy) is 2. The van der Waals surface area contributed by atoms with Gasteiger partial charge in [-0.2, -0.15) is 0 Å². The van der Waals surface area contributed by atoms with Gasteiger partial charge in [0.1, 0.15) is 10.8 Å². The number of rotatable bonds is 2. The largest absolute Gasteiger partial charge is 0.465 e. The predicted molar refractivity (Wildman–Crippen MR) is 54.1 cm³/mol. The van der Waals surface area contributed by atoms with Crippen LogP contribution in [-0.4, -0.2) is 25.0 Å². The Morgan fingerprint density at radius 2 is 2.25 bits per heavy atom. The van der Waals surface area contributed by atoms with Crippen LogP contribution in [-0.2, 0) is 19.1 Å². The van der Waals surface area contributed by atoms with E-state index < -0.39 is 23.8 Å². The first-order valence-corrected chi connectivity index (χ1v) is 5.36. The monoisotopic (exact) mass is 240 g/mol. The normalized spacial score (nSPS) is 19.7. The van der Waals surface area contributed by atoms with Crippen LogP contribution in [0.4, 0.5) is 0 Å². The third-order valence-electron chi connectivity index (χ3n) is 2.23. The molecule has 1 aromatic rings. The fourth-order valence-corrected chi connectivity index (χ4v) is 2.46. The van der Waals surface area contributed by atoms with Gasteiger partial charge in [0.05, 0.1) is 13.5 Å². The maximum Gasteiger partial charge on any atom is 0.348 e. The Hall–Kier alpha value is -1.69. The Balaban J connectivity index is 2.22. The Morgan fingerprint density at radius 3 is 2.81 bits per heavy atom. The van der Waals surface area contributed by atoms with Gasteiger partial charge in [-0.1, -0.05) is 0 Å². The minimum absolute atomic E-state index is 0.0416. The van der Waals surface area contributed by atoms with Crippen molar-refractivity contribution >= 4 is 29.2 Å². The number of carbonyl (C=O) groups is 3. The average Bonchev–Trinajstić information content (AvgIpc) is 2.83. The first-order chi connectivity index (χ1) is 7.61. The molecule has 1 fully saturated rings. The van der Waals surface area contributed by atoms with Crippen LogP contribution in [0.1, 0.15) is 26.9 Å². The lowest BCUT2D eigenvalue weighted by molar-refractivity contribution is -0.152. The summed E-state index contributed by atoms with van der Waals surface area (Å²) < 4.78 is 8.99. The van der Waals surface area contributed by atoms with Gasteiger partial charge >= 0.3 is 17.9 Å². The van der Waals surface area contributed by atoms with Gasteiger partial charge in [-0.3, -0.25) is 9.59 Å². The molecule has 1 aliphatic heterocycles. The summed E-state index contributed by atoms with van der Waals surface area (Å²) in [6.07, 6.45) is 0.0416. The van der Waals surface area contributed by atoms with Crippen LogP contribution in [0.5, 0.6) is 0 Å². The number of thiophene rings is 1. The molecule has 1 saturated heterocycles. The number of carbonyl (C=O) groups excluding carboxylic acids is 3. The number of methoxy groups -OCH3 is 1. The van der Waals surface area contributed by atoms with Gasteiger partial charge in [0.15, 0.2) is 0 Å². The lowest BCUT2D eigenvalue weighted by atomic mass is 10.1. The van der Waals surface area contributed by atoms with Crippen molar-refractivity contribution in [2.75, 3.05) is 7.11 Å². The molecule has 1 aromatic heterocycles. The highest BCUT2D eigenvalue weighted by molar-refractivity contribution is 7.14. The second-order valence-corrected chi connectivity index (χ2v) is 4.36. The highest BCUT2D eigenvalue weighted by atomic mass is 32.1. The van der Waals surface area contributed by atoms with Crippen LogP contribution in [0.3, 0.4) is 0 Å². The molecular weight excluding hydrogens is 232 g/mol. The van der Waals surface area contributed by atoms with Gasteiger partial charge < -0.3 is 9.47 Å². The number of cyclic esters (lactones) is 2. The number of hydrogen-bond donors (Lipinski definition) is 0. The number of esters is 3. The van der Waals surface area contributed by atoms with Crippen molar-refractivity contribution in [2.45, 2.75) is 12.3 Å². The van der Waals surface area contributed by atoms with E-state index in [0.717, 1.165) is 11.3 Å². The van der Waals surface area contributed by atoms with E-state index in [9.17, 15) is 14.4 Å². The van der Waals surface area contributed by atoms with Gasteiger partial charge in [0.2, 0.25) is 0 Å². The molecule has 16 heavy (non-hydrogen) atoms. The van der Waals surface area contributed by atoms with Crippen molar-refractivity contribution in [1.82, 2.24) is 0 Å². The molecule has 0 radical (unpaired) electrons. The van der Waals surface area contributed by atoms with Crippen LogP contribution in [0, 0.1) is 0 Å². The van der Waals surface area contributed by atoms with E-state index in [4.69, 9.17) is 0 Å². The summed E-state index contributed by atoms with van der Waals surface area (Å²) in [5.41, 5.74) is 0. The fraction of sp³-hybridized carbons (Fsp3) is 0.300. The molecular formula is C10H8O5S. The molecule has 0 aliphatic carbocycles. The van der Waals surface area contributed by atoms with Crippen LogP contribution < -0.4 is 0 Å². The lowest BCUT2D eigenvalue weighted by Gasteiger charge is -1.98. The Kier molecular flexibility index (Phi) is 2.74. The minimum Gasteiger partial charge on any atom is -0.465 e. The summed E-state index contributed by atoms with van der Waals surface area (Å²) in [7, 11) is 1.29. The van der Waals surface area contributed by atoms with E-state index >= 15 is 0 Å². The summed E-state index contributed by atoms with van der Waals surface area (Å²) in [5, 5.41) is 0. The van der Waals surface area contributed by atoms with Crippen molar-refractivity contribution in [3.05, 3.63) is 21.9 Å². The molecule has 2 heterocycles. The Morgan fingerprint density at radius 1 is 1.50 bits per heavy atom. The summed E-state index contributed by atoms with van der Waals surface area (Å²) >= 11 is 1.14. The fourth-order valence-electron chi connectivity index (χ4n) is 1.44. The molecule has 84 valence electrons. The molecule has 1 aliphatic rings. The molecule has 0 saturated carbocycles. The summed E-state index contributed by atoms with van der Waals surface area (Å²) in [4.78, 5) is 34.4. The summed E-state index contributed by atoms with van der Waals surface area (Å²) in [5.74, 6) is -2.10. The topological polar surface area (TPSA) is 69.7 Å². The zero-order valence-electron chi connectivity index (χ0n) is 8.39. The molecule has 0 bridgehead atoms. The van der Waals surface area contributed by atoms with Crippen LogP contribution in [0.25, 0.3) is 0 Å². The van der Waals surface area contributed by atoms with Crippen molar-refractivity contribution in [3.8, 4) is 0 Å². The molecule has 0 amide bonds. The predicted octanol–water partition coefficient (Wildman–Crippen LogP) is 1.09. The van der Waals surface area contributed by atoms with Crippen molar-refractivity contribution < 1.29 is 23.9 Å². The molecule has 0 spiro atoms. The van der Waals surface area contributed by atoms with Gasteiger partial charge in [0.25, 0.3) is 0 Å². The lowest BCUT2D eigenvalue weighted by Crippen LogP contribution is -2.03. The maximum atomic E-state index is 11.3. The summed E-state index contributed by atoms with van der Waals surface area (Å²) in [6, 6.07) is 3.21. The van der Waals surface area contributed by atoms with E-state index in [1.54, 1.807) is 12.1 Å². The van der Waals surface area contributed by atoms with Crippen molar-refractivity contribution in [3.63, 3.8) is 0 Å². The van der Waals surface area contributed by atoms with Crippen LogP contribution in [0.2, 0.25) is 0 Å². The molecule has 0 aromatic carbocycles. The maximum absolute atomic E-state index is 11.3. The van der Waals surface area contributed by atoms with Gasteiger partial charge in [-0.15, -0.1) is 11.3 Å². The van der Waals surface area contributed by atoms with E-state index in [1.165, 1.54) is 7.11 Å². The zero-order chi connectivity index (χ0) is 11.7. The van der Waals surface area contributed by atoms with Gasteiger partial charge in [0, 0.05) is 4.88 Å². The Bertz CT molecular complexity index is 462. The van der Waals surface area contributed by atoms with Crippen LogP contribution >= 0.6 is 11.3 Å². The molecule has 1 unspecified atom stereocenters. The zero-order valence-corrected chi connectivity index (χ0v) is 9.21. The molecule has 5 nitrogen and oxygen atoms in total.